The molecule has 3 nitrogen and oxygen atoms in total. The minimum Gasteiger partial charge on any atom is -0.382 e. The highest BCUT2D eigenvalue weighted by atomic mass is 32.2. The molecule has 0 N–H and O–H groups in total. The van der Waals surface area contributed by atoms with Crippen molar-refractivity contribution < 1.29 is 12.6 Å². The lowest BCUT2D eigenvalue weighted by Gasteiger charge is -2.13. The van der Waals surface area contributed by atoms with E-state index in [1.807, 2.05) is 6.07 Å². The van der Waals surface area contributed by atoms with Crippen molar-refractivity contribution in [2.45, 2.75) is 103 Å². The number of para-hydroxylation sites is 1. The first-order chi connectivity index (χ1) is 12.6. The Kier molecular flexibility index (Phi) is 12.5. The molecule has 0 heterocycles. The summed E-state index contributed by atoms with van der Waals surface area (Å²) in [5.41, 5.74) is 0. The molecule has 1 unspecified atom stereocenters. The van der Waals surface area contributed by atoms with Gasteiger partial charge in [-0.2, -0.15) is 8.42 Å². The molecule has 150 valence electrons. The smallest absolute Gasteiger partial charge is 0.311 e. The normalized spacial score (nSPS) is 12.8. The molecule has 1 atom stereocenters. The SMILES string of the molecule is CCCCCCCCCCCCCCC(C)S(=O)(=O)Oc1ccccc1. The molecular weight excluding hydrogens is 344 g/mol. The molecule has 4 heteroatoms. The highest BCUT2D eigenvalue weighted by Gasteiger charge is 2.22. The van der Waals surface area contributed by atoms with E-state index in [1.54, 1.807) is 31.2 Å². The molecular formula is C22H38O3S. The van der Waals surface area contributed by atoms with Gasteiger partial charge in [-0.15, -0.1) is 0 Å². The summed E-state index contributed by atoms with van der Waals surface area (Å²) in [6.45, 7) is 4.00. The van der Waals surface area contributed by atoms with Gasteiger partial charge in [-0.05, 0) is 25.5 Å². The van der Waals surface area contributed by atoms with E-state index in [1.165, 1.54) is 64.2 Å². The third kappa shape index (κ3) is 10.8. The van der Waals surface area contributed by atoms with Crippen molar-refractivity contribution in [3.8, 4) is 5.75 Å². The van der Waals surface area contributed by atoms with Crippen molar-refractivity contribution in [3.63, 3.8) is 0 Å². The van der Waals surface area contributed by atoms with Crippen molar-refractivity contribution in [2.75, 3.05) is 0 Å². The van der Waals surface area contributed by atoms with Crippen LogP contribution in [0.2, 0.25) is 0 Å². The quantitative estimate of drug-likeness (QED) is 0.231. The second-order valence-corrected chi connectivity index (χ2v) is 9.33. The van der Waals surface area contributed by atoms with Gasteiger partial charge in [-0.3, -0.25) is 0 Å². The Morgan fingerprint density at radius 3 is 1.73 bits per heavy atom. The van der Waals surface area contributed by atoms with E-state index in [2.05, 4.69) is 6.92 Å². The zero-order valence-corrected chi connectivity index (χ0v) is 17.6. The summed E-state index contributed by atoms with van der Waals surface area (Å²) in [6.07, 6.45) is 16.1. The predicted molar refractivity (Wildman–Crippen MR) is 111 cm³/mol. The summed E-state index contributed by atoms with van der Waals surface area (Å²) >= 11 is 0. The third-order valence-corrected chi connectivity index (χ3v) is 6.56. The largest absolute Gasteiger partial charge is 0.382 e. The molecule has 1 aromatic carbocycles. The van der Waals surface area contributed by atoms with E-state index >= 15 is 0 Å². The van der Waals surface area contributed by atoms with Crippen LogP contribution in [0.1, 0.15) is 97.3 Å². The van der Waals surface area contributed by atoms with Crippen LogP contribution in [-0.4, -0.2) is 13.7 Å². The molecule has 0 saturated heterocycles. The Bertz CT molecular complexity index is 540. The van der Waals surface area contributed by atoms with Crippen LogP contribution in [0.15, 0.2) is 30.3 Å². The number of hydrogen-bond acceptors (Lipinski definition) is 3. The second-order valence-electron chi connectivity index (χ2n) is 7.38. The molecule has 0 radical (unpaired) electrons. The van der Waals surface area contributed by atoms with Crippen LogP contribution < -0.4 is 4.18 Å². The van der Waals surface area contributed by atoms with E-state index in [0.717, 1.165) is 12.8 Å². The predicted octanol–water partition coefficient (Wildman–Crippen LogP) is 6.87. The number of hydrogen-bond donors (Lipinski definition) is 0. The van der Waals surface area contributed by atoms with E-state index in [9.17, 15) is 8.42 Å². The molecule has 0 aliphatic heterocycles. The van der Waals surface area contributed by atoms with E-state index in [4.69, 9.17) is 4.18 Å². The molecule has 1 aromatic rings. The molecule has 26 heavy (non-hydrogen) atoms. The highest BCUT2D eigenvalue weighted by Crippen LogP contribution is 2.19. The fourth-order valence-electron chi connectivity index (χ4n) is 3.11. The van der Waals surface area contributed by atoms with Crippen LogP contribution in [0.25, 0.3) is 0 Å². The monoisotopic (exact) mass is 382 g/mol. The summed E-state index contributed by atoms with van der Waals surface area (Å²) in [7, 11) is -3.53. The summed E-state index contributed by atoms with van der Waals surface area (Å²) in [5, 5.41) is -0.453. The molecule has 0 bridgehead atoms. The van der Waals surface area contributed by atoms with Gasteiger partial charge in [0.05, 0.1) is 5.25 Å². The van der Waals surface area contributed by atoms with Crippen LogP contribution in [0.3, 0.4) is 0 Å². The van der Waals surface area contributed by atoms with Crippen LogP contribution >= 0.6 is 0 Å². The molecule has 0 saturated carbocycles. The average molecular weight is 383 g/mol. The fourth-order valence-corrected chi connectivity index (χ4v) is 4.11. The first-order valence-corrected chi connectivity index (χ1v) is 12.0. The van der Waals surface area contributed by atoms with Crippen molar-refractivity contribution in [1.29, 1.82) is 0 Å². The minimum atomic E-state index is -3.53. The van der Waals surface area contributed by atoms with Crippen LogP contribution in [0.5, 0.6) is 5.75 Å². The van der Waals surface area contributed by atoms with Gasteiger partial charge in [0.25, 0.3) is 0 Å². The fraction of sp³-hybridized carbons (Fsp3) is 0.727. The zero-order valence-electron chi connectivity index (χ0n) is 16.8. The minimum absolute atomic E-state index is 0.397. The van der Waals surface area contributed by atoms with Crippen LogP contribution in [-0.2, 0) is 10.1 Å². The molecule has 0 spiro atoms. The summed E-state index contributed by atoms with van der Waals surface area (Å²) in [5.74, 6) is 0.397. The average Bonchev–Trinajstić information content (AvgIpc) is 2.63. The van der Waals surface area contributed by atoms with Crippen molar-refractivity contribution in [1.82, 2.24) is 0 Å². The van der Waals surface area contributed by atoms with E-state index in [-0.39, 0.29) is 0 Å². The van der Waals surface area contributed by atoms with Crippen LogP contribution in [0, 0.1) is 0 Å². The summed E-state index contributed by atoms with van der Waals surface area (Å²) < 4.78 is 29.6. The van der Waals surface area contributed by atoms with E-state index < -0.39 is 15.4 Å². The Hall–Kier alpha value is -1.03. The Balaban J connectivity index is 2.01. The zero-order chi connectivity index (χ0) is 19.1. The Labute approximate surface area is 161 Å². The summed E-state index contributed by atoms with van der Waals surface area (Å²) in [4.78, 5) is 0. The molecule has 0 aliphatic carbocycles. The summed E-state index contributed by atoms with van der Waals surface area (Å²) in [6, 6.07) is 8.75. The number of benzene rings is 1. The third-order valence-electron chi connectivity index (χ3n) is 4.91. The van der Waals surface area contributed by atoms with Crippen molar-refractivity contribution in [2.24, 2.45) is 0 Å². The van der Waals surface area contributed by atoms with Gasteiger partial charge in [0.15, 0.2) is 0 Å². The topological polar surface area (TPSA) is 43.4 Å². The lowest BCUT2D eigenvalue weighted by atomic mass is 10.0. The molecule has 0 aromatic heterocycles. The van der Waals surface area contributed by atoms with Gasteiger partial charge in [-0.1, -0.05) is 102 Å². The maximum Gasteiger partial charge on any atom is 0.311 e. The van der Waals surface area contributed by atoms with Crippen LogP contribution in [0.4, 0.5) is 0 Å². The maximum atomic E-state index is 12.2. The molecule has 0 fully saturated rings. The number of rotatable bonds is 16. The molecule has 1 rings (SSSR count). The van der Waals surface area contributed by atoms with Gasteiger partial charge in [0.2, 0.25) is 0 Å². The lowest BCUT2D eigenvalue weighted by Crippen LogP contribution is -2.23. The molecule has 0 aliphatic rings. The van der Waals surface area contributed by atoms with Crippen molar-refractivity contribution in [3.05, 3.63) is 30.3 Å². The van der Waals surface area contributed by atoms with Crippen molar-refractivity contribution >= 4 is 10.1 Å². The van der Waals surface area contributed by atoms with Gasteiger partial charge in [0, 0.05) is 0 Å². The highest BCUT2D eigenvalue weighted by molar-refractivity contribution is 7.87. The Morgan fingerprint density at radius 1 is 0.769 bits per heavy atom. The standard InChI is InChI=1S/C22H38O3S/c1-3-4-5-6-7-8-9-10-11-12-13-15-18-21(2)26(23,24)25-22-19-16-14-17-20-22/h14,16-17,19-21H,3-13,15,18H2,1-2H3. The lowest BCUT2D eigenvalue weighted by molar-refractivity contribution is 0.464. The Morgan fingerprint density at radius 2 is 1.23 bits per heavy atom. The second kappa shape index (κ2) is 14.1. The van der Waals surface area contributed by atoms with Gasteiger partial charge in [-0.25, -0.2) is 0 Å². The first-order valence-electron chi connectivity index (χ1n) is 10.5. The number of unbranched alkanes of at least 4 members (excludes halogenated alkanes) is 11. The first kappa shape index (κ1) is 23.0. The van der Waals surface area contributed by atoms with Gasteiger partial charge >= 0.3 is 10.1 Å². The van der Waals surface area contributed by atoms with Gasteiger partial charge < -0.3 is 4.18 Å². The maximum absolute atomic E-state index is 12.2. The van der Waals surface area contributed by atoms with E-state index in [0.29, 0.717) is 12.2 Å². The molecule has 0 amide bonds. The van der Waals surface area contributed by atoms with Gasteiger partial charge in [0.1, 0.15) is 5.75 Å².